The van der Waals surface area contributed by atoms with Gasteiger partial charge in [0.15, 0.2) is 0 Å². The van der Waals surface area contributed by atoms with Crippen LogP contribution in [0.5, 0.6) is 0 Å². The Kier molecular flexibility index (Phi) is 3.46. The zero-order valence-corrected chi connectivity index (χ0v) is 11.1. The summed E-state index contributed by atoms with van der Waals surface area (Å²) in [7, 11) is 0.865. The van der Waals surface area contributed by atoms with Gasteiger partial charge in [0.05, 0.1) is 24.9 Å². The molecule has 1 aliphatic heterocycles. The second-order valence-electron chi connectivity index (χ2n) is 5.05. The summed E-state index contributed by atoms with van der Waals surface area (Å²) in [4.78, 5) is 11.8. The van der Waals surface area contributed by atoms with Crippen molar-refractivity contribution in [3.8, 4) is 0 Å². The van der Waals surface area contributed by atoms with Gasteiger partial charge in [0, 0.05) is 0 Å². The van der Waals surface area contributed by atoms with E-state index in [1.807, 2.05) is 32.9 Å². The standard InChI is InChI=1S/C13H17BO4/c1-9-6-5-7-10(12(15)16-4)11(9)14-17-8-13(2,3)18-14/h5-7H,8H2,1-4H3. The first-order valence-corrected chi connectivity index (χ1v) is 5.92. The number of hydrogen-bond acceptors (Lipinski definition) is 4. The number of benzene rings is 1. The van der Waals surface area contributed by atoms with Crippen LogP contribution in [0.15, 0.2) is 18.2 Å². The van der Waals surface area contributed by atoms with Crippen molar-refractivity contribution in [2.24, 2.45) is 0 Å². The molecule has 1 aromatic rings. The van der Waals surface area contributed by atoms with Crippen LogP contribution in [0.1, 0.15) is 29.8 Å². The zero-order chi connectivity index (χ0) is 13.3. The second-order valence-corrected chi connectivity index (χ2v) is 5.05. The summed E-state index contributed by atoms with van der Waals surface area (Å²) in [6, 6.07) is 5.48. The molecule has 0 bridgehead atoms. The van der Waals surface area contributed by atoms with Crippen molar-refractivity contribution >= 4 is 18.6 Å². The average Bonchev–Trinajstić information content (AvgIpc) is 2.68. The highest BCUT2D eigenvalue weighted by molar-refractivity contribution is 6.64. The molecule has 0 amide bonds. The summed E-state index contributed by atoms with van der Waals surface area (Å²) < 4.78 is 16.3. The predicted octanol–water partition coefficient (Wildman–Crippen LogP) is 1.30. The largest absolute Gasteiger partial charge is 0.495 e. The first-order chi connectivity index (χ1) is 8.44. The van der Waals surface area contributed by atoms with Gasteiger partial charge in [-0.15, -0.1) is 0 Å². The van der Waals surface area contributed by atoms with E-state index in [-0.39, 0.29) is 11.6 Å². The fraction of sp³-hybridized carbons (Fsp3) is 0.462. The molecule has 0 atom stereocenters. The lowest BCUT2D eigenvalue weighted by molar-refractivity contribution is 0.0601. The Labute approximate surface area is 107 Å². The van der Waals surface area contributed by atoms with Crippen molar-refractivity contribution < 1.29 is 18.8 Å². The van der Waals surface area contributed by atoms with Gasteiger partial charge in [0.1, 0.15) is 0 Å². The Morgan fingerprint density at radius 3 is 2.72 bits per heavy atom. The van der Waals surface area contributed by atoms with Gasteiger partial charge in [-0.3, -0.25) is 0 Å². The van der Waals surface area contributed by atoms with Gasteiger partial charge in [-0.05, 0) is 32.3 Å². The molecule has 2 rings (SSSR count). The van der Waals surface area contributed by atoms with Crippen LogP contribution in [-0.4, -0.2) is 32.4 Å². The van der Waals surface area contributed by atoms with Crippen LogP contribution in [0.3, 0.4) is 0 Å². The van der Waals surface area contributed by atoms with Crippen molar-refractivity contribution in [2.45, 2.75) is 26.4 Å². The van der Waals surface area contributed by atoms with Crippen molar-refractivity contribution in [2.75, 3.05) is 13.7 Å². The summed E-state index contributed by atoms with van der Waals surface area (Å²) in [6.07, 6.45) is 0. The molecule has 1 aromatic carbocycles. The Bertz CT molecular complexity index is 470. The van der Waals surface area contributed by atoms with Gasteiger partial charge >= 0.3 is 13.1 Å². The molecule has 5 heteroatoms. The van der Waals surface area contributed by atoms with Gasteiger partial charge in [-0.1, -0.05) is 17.7 Å². The van der Waals surface area contributed by atoms with E-state index in [1.54, 1.807) is 6.07 Å². The van der Waals surface area contributed by atoms with Crippen LogP contribution in [0.4, 0.5) is 0 Å². The predicted molar refractivity (Wildman–Crippen MR) is 69.0 cm³/mol. The molecule has 0 unspecified atom stereocenters. The first kappa shape index (κ1) is 13.1. The van der Waals surface area contributed by atoms with Crippen LogP contribution < -0.4 is 5.46 Å². The van der Waals surface area contributed by atoms with Gasteiger partial charge in [-0.2, -0.15) is 0 Å². The zero-order valence-electron chi connectivity index (χ0n) is 11.1. The maximum Gasteiger partial charge on any atom is 0.495 e. The summed E-state index contributed by atoms with van der Waals surface area (Å²) in [5.74, 6) is -0.370. The van der Waals surface area contributed by atoms with Crippen LogP contribution in [0, 0.1) is 6.92 Å². The lowest BCUT2D eigenvalue weighted by Gasteiger charge is -2.17. The van der Waals surface area contributed by atoms with E-state index in [2.05, 4.69) is 0 Å². The van der Waals surface area contributed by atoms with E-state index < -0.39 is 7.12 Å². The Morgan fingerprint density at radius 1 is 1.44 bits per heavy atom. The third-order valence-electron chi connectivity index (χ3n) is 2.97. The van der Waals surface area contributed by atoms with Crippen molar-refractivity contribution in [3.63, 3.8) is 0 Å². The molecule has 1 aliphatic rings. The van der Waals surface area contributed by atoms with Crippen molar-refractivity contribution in [1.82, 2.24) is 0 Å². The molecule has 1 fully saturated rings. The Hall–Kier alpha value is -1.33. The highest BCUT2D eigenvalue weighted by Crippen LogP contribution is 2.21. The van der Waals surface area contributed by atoms with E-state index in [0.29, 0.717) is 12.2 Å². The molecule has 0 radical (unpaired) electrons. The molecule has 0 N–H and O–H groups in total. The number of aryl methyl sites for hydroxylation is 1. The Morgan fingerprint density at radius 2 is 2.17 bits per heavy atom. The molecule has 0 spiro atoms. The highest BCUT2D eigenvalue weighted by atomic mass is 16.7. The number of methoxy groups -OCH3 is 1. The number of carbonyl (C=O) groups excluding carboxylic acids is 1. The third kappa shape index (κ3) is 2.42. The summed E-state index contributed by atoms with van der Waals surface area (Å²) in [5.41, 5.74) is 1.89. The smallest absolute Gasteiger partial charge is 0.465 e. The lowest BCUT2D eigenvalue weighted by Crippen LogP contribution is -2.40. The molecular formula is C13H17BO4. The summed E-state index contributed by atoms with van der Waals surface area (Å²) in [5, 5.41) is 0. The van der Waals surface area contributed by atoms with E-state index in [4.69, 9.17) is 14.0 Å². The quantitative estimate of drug-likeness (QED) is 0.584. The van der Waals surface area contributed by atoms with Gasteiger partial charge < -0.3 is 14.0 Å². The molecule has 0 saturated carbocycles. The van der Waals surface area contributed by atoms with E-state index in [0.717, 1.165) is 11.0 Å². The van der Waals surface area contributed by atoms with Gasteiger partial charge in [-0.25, -0.2) is 4.79 Å². The second kappa shape index (κ2) is 4.74. The van der Waals surface area contributed by atoms with Crippen LogP contribution >= 0.6 is 0 Å². The van der Waals surface area contributed by atoms with Crippen molar-refractivity contribution in [1.29, 1.82) is 0 Å². The molecular weight excluding hydrogens is 231 g/mol. The Balaban J connectivity index is 2.41. The maximum absolute atomic E-state index is 11.8. The fourth-order valence-electron chi connectivity index (χ4n) is 2.06. The third-order valence-corrected chi connectivity index (χ3v) is 2.97. The molecule has 0 aromatic heterocycles. The minimum atomic E-state index is -0.504. The first-order valence-electron chi connectivity index (χ1n) is 5.92. The lowest BCUT2D eigenvalue weighted by atomic mass is 9.73. The monoisotopic (exact) mass is 248 g/mol. The molecule has 4 nitrogen and oxygen atoms in total. The van der Waals surface area contributed by atoms with Crippen LogP contribution in [-0.2, 0) is 14.0 Å². The SMILES string of the molecule is COC(=O)c1cccc(C)c1B1OCC(C)(C)O1. The average molecular weight is 248 g/mol. The maximum atomic E-state index is 11.8. The molecule has 0 aliphatic carbocycles. The van der Waals surface area contributed by atoms with Crippen LogP contribution in [0.2, 0.25) is 0 Å². The number of rotatable bonds is 2. The van der Waals surface area contributed by atoms with E-state index in [9.17, 15) is 4.79 Å². The van der Waals surface area contributed by atoms with Gasteiger partial charge in [0.25, 0.3) is 0 Å². The van der Waals surface area contributed by atoms with E-state index >= 15 is 0 Å². The fourth-order valence-corrected chi connectivity index (χ4v) is 2.06. The number of hydrogen-bond donors (Lipinski definition) is 0. The number of esters is 1. The number of carbonyl (C=O) groups is 1. The highest BCUT2D eigenvalue weighted by Gasteiger charge is 2.40. The normalized spacial score (nSPS) is 17.9. The van der Waals surface area contributed by atoms with E-state index in [1.165, 1.54) is 7.11 Å². The van der Waals surface area contributed by atoms with Crippen LogP contribution in [0.25, 0.3) is 0 Å². The van der Waals surface area contributed by atoms with Gasteiger partial charge in [0.2, 0.25) is 0 Å². The minimum Gasteiger partial charge on any atom is -0.465 e. The van der Waals surface area contributed by atoms with Crippen molar-refractivity contribution in [3.05, 3.63) is 29.3 Å². The topological polar surface area (TPSA) is 44.8 Å². The number of ether oxygens (including phenoxy) is 1. The summed E-state index contributed by atoms with van der Waals surface area (Å²) >= 11 is 0. The summed E-state index contributed by atoms with van der Waals surface area (Å²) in [6.45, 7) is 6.36. The minimum absolute atomic E-state index is 0.333. The molecule has 96 valence electrons. The molecule has 1 saturated heterocycles. The molecule has 1 heterocycles. The molecule has 18 heavy (non-hydrogen) atoms.